The van der Waals surface area contributed by atoms with Gasteiger partial charge in [0.2, 0.25) is 0 Å². The smallest absolute Gasteiger partial charge is 0.275 e. The van der Waals surface area contributed by atoms with Gasteiger partial charge in [0.1, 0.15) is 11.4 Å². The van der Waals surface area contributed by atoms with Crippen molar-refractivity contribution in [2.45, 2.75) is 105 Å². The van der Waals surface area contributed by atoms with Crippen molar-refractivity contribution in [3.05, 3.63) is 75.0 Å². The monoisotopic (exact) mass is 665 g/mol. The van der Waals surface area contributed by atoms with Gasteiger partial charge < -0.3 is 10.2 Å². The van der Waals surface area contributed by atoms with Crippen molar-refractivity contribution in [1.82, 2.24) is 30.8 Å². The van der Waals surface area contributed by atoms with Crippen LogP contribution in [0.2, 0.25) is 10.0 Å². The highest BCUT2D eigenvalue weighted by molar-refractivity contribution is 6.47. The van der Waals surface area contributed by atoms with E-state index in [1.165, 1.54) is 0 Å². The first-order valence-electron chi connectivity index (χ1n) is 16.2. The van der Waals surface area contributed by atoms with E-state index in [9.17, 15) is 9.59 Å². The summed E-state index contributed by atoms with van der Waals surface area (Å²) in [7, 11) is 0. The minimum atomic E-state index is -0.676. The first-order valence-corrected chi connectivity index (χ1v) is 17.0. The number of H-pyrrole nitrogens is 1. The summed E-state index contributed by atoms with van der Waals surface area (Å²) in [6.45, 7) is 13.8. The number of nitrogens with one attached hydrogen (secondary N) is 2. The Morgan fingerprint density at radius 1 is 1.07 bits per heavy atom. The van der Waals surface area contributed by atoms with Crippen molar-refractivity contribution in [2.24, 2.45) is 21.7 Å². The molecule has 2 amide bonds. The number of hydrogen-bond acceptors (Lipinski definition) is 6. The topological polar surface area (TPSA) is 116 Å². The molecular weight excluding hydrogens is 621 g/mol. The molecule has 1 aliphatic heterocycles. The minimum absolute atomic E-state index is 0.0517. The Bertz CT molecular complexity index is 1550. The quantitative estimate of drug-likeness (QED) is 0.228. The Kier molecular flexibility index (Phi) is 9.94. The molecule has 246 valence electrons. The number of benzene rings is 2. The number of carbonyl (C=O) groups is 2. The average Bonchev–Trinajstić information content (AvgIpc) is 3.62. The van der Waals surface area contributed by atoms with E-state index in [2.05, 4.69) is 72.4 Å². The number of nitrogens with zero attached hydrogens (tertiary/aromatic N) is 5. The van der Waals surface area contributed by atoms with Crippen molar-refractivity contribution < 1.29 is 9.59 Å². The fourth-order valence-corrected chi connectivity index (χ4v) is 7.34. The number of aliphatic imine (C=N–C) groups is 1. The molecule has 1 spiro atoms. The summed E-state index contributed by atoms with van der Waals surface area (Å²) < 4.78 is 0. The molecule has 9 nitrogen and oxygen atoms in total. The van der Waals surface area contributed by atoms with Crippen LogP contribution in [0, 0.1) is 16.7 Å². The molecule has 0 unspecified atom stereocenters. The first kappa shape index (κ1) is 34.0. The maximum atomic E-state index is 14.7. The van der Waals surface area contributed by atoms with Gasteiger partial charge in [-0.25, -0.2) is 0 Å². The van der Waals surface area contributed by atoms with Crippen molar-refractivity contribution in [2.75, 3.05) is 0 Å². The third-order valence-corrected chi connectivity index (χ3v) is 10.4. The molecule has 2 aromatic carbocycles. The number of aromatic nitrogens is 4. The molecule has 2 N–H and O–H groups in total. The Hall–Kier alpha value is -3.30. The van der Waals surface area contributed by atoms with Gasteiger partial charge in [0.05, 0.1) is 12.6 Å². The van der Waals surface area contributed by atoms with Crippen LogP contribution in [0.3, 0.4) is 0 Å². The zero-order valence-corrected chi connectivity index (χ0v) is 29.2. The maximum absolute atomic E-state index is 14.7. The molecule has 1 saturated carbocycles. The van der Waals surface area contributed by atoms with E-state index >= 15 is 0 Å². The Morgan fingerprint density at radius 3 is 2.28 bits per heavy atom. The summed E-state index contributed by atoms with van der Waals surface area (Å²) in [6.07, 6.45) is 6.30. The largest absolute Gasteiger partial charge is 0.345 e. The third kappa shape index (κ3) is 7.46. The van der Waals surface area contributed by atoms with E-state index in [-0.39, 0.29) is 35.2 Å². The lowest BCUT2D eigenvalue weighted by Gasteiger charge is -2.48. The highest BCUT2D eigenvalue weighted by Crippen LogP contribution is 2.51. The summed E-state index contributed by atoms with van der Waals surface area (Å²) in [6, 6.07) is 12.6. The molecule has 1 aromatic heterocycles. The number of rotatable bonds is 10. The molecule has 11 heteroatoms. The lowest BCUT2D eigenvalue weighted by Crippen LogP contribution is -2.51. The molecule has 0 radical (unpaired) electrons. The summed E-state index contributed by atoms with van der Waals surface area (Å²) >= 11 is 12.8. The average molecular weight is 667 g/mol. The highest BCUT2D eigenvalue weighted by Gasteiger charge is 2.53. The Morgan fingerprint density at radius 2 is 1.72 bits per heavy atom. The molecule has 2 heterocycles. The minimum Gasteiger partial charge on any atom is -0.345 e. The molecule has 0 saturated heterocycles. The van der Waals surface area contributed by atoms with Crippen LogP contribution >= 0.6 is 23.2 Å². The van der Waals surface area contributed by atoms with E-state index in [0.717, 1.165) is 50.5 Å². The fraction of sp³-hybridized carbons (Fsp3) is 0.543. The summed E-state index contributed by atoms with van der Waals surface area (Å²) in [5, 5.41) is 17.5. The van der Waals surface area contributed by atoms with Gasteiger partial charge in [-0.3, -0.25) is 14.6 Å². The maximum Gasteiger partial charge on any atom is 0.275 e. The van der Waals surface area contributed by atoms with E-state index in [0.29, 0.717) is 38.6 Å². The highest BCUT2D eigenvalue weighted by atomic mass is 35.5. The standard InChI is InChI=1S/C35H45Cl2N7O2/c1-7-34(5,6)25-12-16-35(17-13-25)39-30(24-18-26(36)20-27(37)19-24)32(46)44(35)28(14-15-33(2,3)4)22-8-10-23(11-9-22)31(45)38-21-29-40-42-43-41-29/h8-11,18-20,25,28H,7,12-17,21H2,1-6H3,(H,38,45)(H,40,41,42,43)/t25?,28-,35?/m1/s1. The molecule has 1 fully saturated rings. The van der Waals surface area contributed by atoms with Gasteiger partial charge in [0.25, 0.3) is 11.8 Å². The Labute approximate surface area is 281 Å². The van der Waals surface area contributed by atoms with Crippen LogP contribution in [-0.4, -0.2) is 48.7 Å². The Balaban J connectivity index is 1.51. The lowest BCUT2D eigenvalue weighted by molar-refractivity contribution is -0.134. The van der Waals surface area contributed by atoms with Gasteiger partial charge >= 0.3 is 0 Å². The van der Waals surface area contributed by atoms with Gasteiger partial charge in [0.15, 0.2) is 5.82 Å². The predicted molar refractivity (Wildman–Crippen MR) is 182 cm³/mol. The van der Waals surface area contributed by atoms with Gasteiger partial charge in [-0.05, 0) is 91.2 Å². The van der Waals surface area contributed by atoms with Crippen LogP contribution in [0.25, 0.3) is 0 Å². The van der Waals surface area contributed by atoms with E-state index < -0.39 is 5.66 Å². The summed E-state index contributed by atoms with van der Waals surface area (Å²) in [5.41, 5.74) is 2.13. The number of halogens is 2. The van der Waals surface area contributed by atoms with Crippen molar-refractivity contribution in [1.29, 1.82) is 0 Å². The second-order valence-electron chi connectivity index (χ2n) is 14.6. The van der Waals surface area contributed by atoms with Crippen LogP contribution in [0.15, 0.2) is 47.5 Å². The van der Waals surface area contributed by atoms with Crippen molar-refractivity contribution >= 4 is 40.7 Å². The van der Waals surface area contributed by atoms with Crippen LogP contribution < -0.4 is 5.32 Å². The predicted octanol–water partition coefficient (Wildman–Crippen LogP) is 7.96. The molecule has 1 atom stereocenters. The van der Waals surface area contributed by atoms with Crippen molar-refractivity contribution in [3.63, 3.8) is 0 Å². The van der Waals surface area contributed by atoms with Gasteiger partial charge in [0, 0.05) is 21.2 Å². The molecular formula is C35H45Cl2N7O2. The van der Waals surface area contributed by atoms with Crippen molar-refractivity contribution in [3.8, 4) is 0 Å². The van der Waals surface area contributed by atoms with E-state index in [4.69, 9.17) is 28.2 Å². The summed E-state index contributed by atoms with van der Waals surface area (Å²) in [4.78, 5) is 35.0. The fourth-order valence-electron chi connectivity index (χ4n) is 6.82. The van der Waals surface area contributed by atoms with Crippen LogP contribution in [0.5, 0.6) is 0 Å². The molecule has 1 aliphatic carbocycles. The normalized spacial score (nSPS) is 21.0. The van der Waals surface area contributed by atoms with Crippen LogP contribution in [0.1, 0.15) is 120 Å². The SMILES string of the molecule is CCC(C)(C)C1CCC2(CC1)N=C(c1cc(Cl)cc(Cl)c1)C(=O)N2[C@H](CCC(C)(C)C)c1ccc(C(=O)NCc2nn[nH]n2)cc1. The number of amides is 2. The van der Waals surface area contributed by atoms with Gasteiger partial charge in [-0.15, -0.1) is 10.2 Å². The lowest BCUT2D eigenvalue weighted by atomic mass is 9.67. The van der Waals surface area contributed by atoms with Gasteiger partial charge in [-0.1, -0.05) is 88.5 Å². The van der Waals surface area contributed by atoms with Crippen LogP contribution in [-0.2, 0) is 11.3 Å². The van der Waals surface area contributed by atoms with E-state index in [1.807, 2.05) is 24.3 Å². The number of carbonyl (C=O) groups excluding carboxylic acids is 2. The molecule has 2 aliphatic rings. The molecule has 0 bridgehead atoms. The first-order chi connectivity index (χ1) is 21.7. The zero-order chi connectivity index (χ0) is 33.3. The summed E-state index contributed by atoms with van der Waals surface area (Å²) in [5.74, 6) is 0.612. The number of aromatic amines is 1. The molecule has 46 heavy (non-hydrogen) atoms. The number of tetrazole rings is 1. The van der Waals surface area contributed by atoms with Gasteiger partial charge in [-0.2, -0.15) is 5.21 Å². The number of hydrogen-bond donors (Lipinski definition) is 2. The second kappa shape index (κ2) is 13.4. The van der Waals surface area contributed by atoms with E-state index in [1.54, 1.807) is 18.2 Å². The third-order valence-electron chi connectivity index (χ3n) is 9.96. The molecule has 5 rings (SSSR count). The zero-order valence-electron chi connectivity index (χ0n) is 27.7. The second-order valence-corrected chi connectivity index (χ2v) is 15.5. The van der Waals surface area contributed by atoms with Crippen LogP contribution in [0.4, 0.5) is 0 Å². The molecule has 3 aromatic rings.